The van der Waals surface area contributed by atoms with Gasteiger partial charge in [0.1, 0.15) is 0 Å². The Balaban J connectivity index is 1.58. The summed E-state index contributed by atoms with van der Waals surface area (Å²) in [5, 5.41) is 3.41. The van der Waals surface area contributed by atoms with E-state index in [0.29, 0.717) is 10.7 Å². The van der Waals surface area contributed by atoms with E-state index < -0.39 is 0 Å². The lowest BCUT2D eigenvalue weighted by atomic mass is 10.00. The van der Waals surface area contributed by atoms with Crippen LogP contribution in [0.15, 0.2) is 36.7 Å². The molecular weight excluding hydrogens is 324 g/mol. The number of benzene rings is 1. The quantitative estimate of drug-likeness (QED) is 0.921. The topological polar surface area (TPSA) is 58.1 Å². The van der Waals surface area contributed by atoms with Gasteiger partial charge in [-0.1, -0.05) is 36.7 Å². The van der Waals surface area contributed by atoms with Gasteiger partial charge in [0, 0.05) is 18.1 Å². The summed E-state index contributed by atoms with van der Waals surface area (Å²) in [5.74, 6) is 1.36. The Kier molecular flexibility index (Phi) is 5.30. The van der Waals surface area contributed by atoms with Crippen molar-refractivity contribution in [2.24, 2.45) is 5.92 Å². The third-order valence-electron chi connectivity index (χ3n) is 4.30. The number of aromatic nitrogens is 2. The van der Waals surface area contributed by atoms with Crippen molar-refractivity contribution in [2.75, 3.05) is 23.3 Å². The molecule has 126 valence electrons. The molecule has 1 aromatic heterocycles. The highest BCUT2D eigenvalue weighted by atomic mass is 35.5. The van der Waals surface area contributed by atoms with Crippen LogP contribution < -0.4 is 10.2 Å². The normalized spacial score (nSPS) is 15.3. The summed E-state index contributed by atoms with van der Waals surface area (Å²) in [5.41, 5.74) is 1.40. The van der Waals surface area contributed by atoms with Crippen LogP contribution in [-0.2, 0) is 11.2 Å². The molecular formula is C18H21ClN4O. The lowest BCUT2D eigenvalue weighted by molar-refractivity contribution is -0.115. The lowest BCUT2D eigenvalue weighted by Gasteiger charge is -2.30. The number of nitrogens with zero attached hydrogens (tertiary/aromatic N) is 3. The predicted octanol–water partition coefficient (Wildman–Crippen LogP) is 3.55. The van der Waals surface area contributed by atoms with Gasteiger partial charge >= 0.3 is 0 Å². The minimum Gasteiger partial charge on any atom is -0.341 e. The highest BCUT2D eigenvalue weighted by Gasteiger charge is 2.17. The number of piperidine rings is 1. The van der Waals surface area contributed by atoms with Gasteiger partial charge in [0.25, 0.3) is 0 Å². The molecule has 0 unspecified atom stereocenters. The molecule has 2 heterocycles. The van der Waals surface area contributed by atoms with Crippen molar-refractivity contribution < 1.29 is 4.79 Å². The van der Waals surface area contributed by atoms with Crippen molar-refractivity contribution in [2.45, 2.75) is 26.2 Å². The molecule has 0 radical (unpaired) electrons. The number of carbonyl (C=O) groups is 1. The van der Waals surface area contributed by atoms with Crippen LogP contribution in [0.1, 0.15) is 25.3 Å². The molecule has 24 heavy (non-hydrogen) atoms. The molecule has 3 rings (SSSR count). The average molecular weight is 345 g/mol. The summed E-state index contributed by atoms with van der Waals surface area (Å²) in [6.07, 6.45) is 5.88. The van der Waals surface area contributed by atoms with Crippen LogP contribution in [0.4, 0.5) is 11.6 Å². The van der Waals surface area contributed by atoms with Crippen LogP contribution in [-0.4, -0.2) is 29.0 Å². The van der Waals surface area contributed by atoms with Crippen molar-refractivity contribution >= 4 is 29.1 Å². The predicted molar refractivity (Wildman–Crippen MR) is 96.4 cm³/mol. The Labute approximate surface area is 147 Å². The van der Waals surface area contributed by atoms with Gasteiger partial charge in [-0.05, 0) is 30.4 Å². The van der Waals surface area contributed by atoms with E-state index in [0.717, 1.165) is 30.5 Å². The minimum atomic E-state index is -0.133. The van der Waals surface area contributed by atoms with Crippen LogP contribution in [0.5, 0.6) is 0 Å². The summed E-state index contributed by atoms with van der Waals surface area (Å²) in [6.45, 7) is 4.24. The van der Waals surface area contributed by atoms with Crippen LogP contribution >= 0.6 is 11.6 Å². The zero-order chi connectivity index (χ0) is 16.9. The van der Waals surface area contributed by atoms with Gasteiger partial charge in [-0.15, -0.1) is 0 Å². The first kappa shape index (κ1) is 16.7. The summed E-state index contributed by atoms with van der Waals surface area (Å²) in [7, 11) is 0. The maximum absolute atomic E-state index is 12.1. The van der Waals surface area contributed by atoms with Crippen molar-refractivity contribution in [3.8, 4) is 0 Å². The van der Waals surface area contributed by atoms with Gasteiger partial charge in [-0.3, -0.25) is 4.79 Å². The molecule has 1 fully saturated rings. The first-order chi connectivity index (χ1) is 11.6. The first-order valence-electron chi connectivity index (χ1n) is 8.22. The van der Waals surface area contributed by atoms with E-state index in [2.05, 4.69) is 27.1 Å². The third-order valence-corrected chi connectivity index (χ3v) is 4.67. The van der Waals surface area contributed by atoms with Gasteiger partial charge in [-0.2, -0.15) is 0 Å². The van der Waals surface area contributed by atoms with E-state index in [1.165, 1.54) is 12.8 Å². The molecule has 0 bridgehead atoms. The SMILES string of the molecule is CC1CCN(c2ncc(NC(=O)Cc3ccccc3Cl)cn2)CC1. The lowest BCUT2D eigenvalue weighted by Crippen LogP contribution is -2.34. The molecule has 1 aliphatic heterocycles. The summed E-state index contributed by atoms with van der Waals surface area (Å²) >= 11 is 6.08. The maximum Gasteiger partial charge on any atom is 0.228 e. The second-order valence-electron chi connectivity index (χ2n) is 6.26. The third kappa shape index (κ3) is 4.23. The second kappa shape index (κ2) is 7.62. The molecule has 0 atom stereocenters. The Hall–Kier alpha value is -2.14. The molecule has 2 aromatic rings. The molecule has 0 saturated carbocycles. The van der Waals surface area contributed by atoms with Crippen molar-refractivity contribution in [3.05, 3.63) is 47.2 Å². The number of nitrogens with one attached hydrogen (secondary N) is 1. The highest BCUT2D eigenvalue weighted by molar-refractivity contribution is 6.31. The number of amides is 1. The van der Waals surface area contributed by atoms with Crippen LogP contribution in [0.2, 0.25) is 5.02 Å². The molecule has 0 spiro atoms. The molecule has 1 amide bonds. The smallest absolute Gasteiger partial charge is 0.228 e. The van der Waals surface area contributed by atoms with Gasteiger partial charge < -0.3 is 10.2 Å². The van der Waals surface area contributed by atoms with E-state index in [1.54, 1.807) is 18.5 Å². The molecule has 1 saturated heterocycles. The van der Waals surface area contributed by atoms with Crippen molar-refractivity contribution in [1.29, 1.82) is 0 Å². The standard InChI is InChI=1S/C18H21ClN4O/c1-13-6-8-23(9-7-13)18-20-11-15(12-21-18)22-17(24)10-14-4-2-3-5-16(14)19/h2-5,11-13H,6-10H2,1H3,(H,22,24). The number of hydrogen-bond acceptors (Lipinski definition) is 4. The summed E-state index contributed by atoms with van der Waals surface area (Å²) in [4.78, 5) is 23.1. The van der Waals surface area contributed by atoms with Gasteiger partial charge in [0.05, 0.1) is 24.5 Å². The Bertz CT molecular complexity index is 696. The fourth-order valence-electron chi connectivity index (χ4n) is 2.78. The molecule has 0 aliphatic carbocycles. The molecule has 1 N–H and O–H groups in total. The molecule has 5 nitrogen and oxygen atoms in total. The number of halogens is 1. The van der Waals surface area contributed by atoms with E-state index in [4.69, 9.17) is 11.6 Å². The van der Waals surface area contributed by atoms with Crippen molar-refractivity contribution in [1.82, 2.24) is 9.97 Å². The first-order valence-corrected chi connectivity index (χ1v) is 8.60. The maximum atomic E-state index is 12.1. The Morgan fingerprint density at radius 1 is 1.25 bits per heavy atom. The highest BCUT2D eigenvalue weighted by Crippen LogP contribution is 2.20. The zero-order valence-electron chi connectivity index (χ0n) is 13.7. The fraction of sp³-hybridized carbons (Fsp3) is 0.389. The van der Waals surface area contributed by atoms with Crippen LogP contribution in [0.3, 0.4) is 0 Å². The van der Waals surface area contributed by atoms with Crippen LogP contribution in [0, 0.1) is 5.92 Å². The zero-order valence-corrected chi connectivity index (χ0v) is 14.5. The van der Waals surface area contributed by atoms with Gasteiger partial charge in [-0.25, -0.2) is 9.97 Å². The average Bonchev–Trinajstić information content (AvgIpc) is 2.58. The summed E-state index contributed by atoms with van der Waals surface area (Å²) in [6, 6.07) is 7.34. The van der Waals surface area contributed by atoms with Gasteiger partial charge in [0.15, 0.2) is 0 Å². The Morgan fingerprint density at radius 2 is 1.92 bits per heavy atom. The Morgan fingerprint density at radius 3 is 2.58 bits per heavy atom. The second-order valence-corrected chi connectivity index (χ2v) is 6.66. The number of anilines is 2. The number of hydrogen-bond donors (Lipinski definition) is 1. The minimum absolute atomic E-state index is 0.133. The molecule has 6 heteroatoms. The van der Waals surface area contributed by atoms with Crippen LogP contribution in [0.25, 0.3) is 0 Å². The summed E-state index contributed by atoms with van der Waals surface area (Å²) < 4.78 is 0. The number of rotatable bonds is 4. The fourth-order valence-corrected chi connectivity index (χ4v) is 2.98. The van der Waals surface area contributed by atoms with E-state index in [1.807, 2.05) is 18.2 Å². The van der Waals surface area contributed by atoms with E-state index >= 15 is 0 Å². The molecule has 1 aliphatic rings. The van der Waals surface area contributed by atoms with Crippen molar-refractivity contribution in [3.63, 3.8) is 0 Å². The number of carbonyl (C=O) groups excluding carboxylic acids is 1. The monoisotopic (exact) mass is 344 g/mol. The molecule has 1 aromatic carbocycles. The largest absolute Gasteiger partial charge is 0.341 e. The van der Waals surface area contributed by atoms with Gasteiger partial charge in [0.2, 0.25) is 11.9 Å². The van der Waals surface area contributed by atoms with E-state index in [-0.39, 0.29) is 12.3 Å². The van der Waals surface area contributed by atoms with E-state index in [9.17, 15) is 4.79 Å².